The van der Waals surface area contributed by atoms with Crippen molar-refractivity contribution in [2.75, 3.05) is 0 Å². The average Bonchev–Trinajstić information content (AvgIpc) is 2.89. The van der Waals surface area contributed by atoms with Gasteiger partial charge in [-0.1, -0.05) is 72.8 Å². The normalized spacial score (nSPS) is 14.0. The molecule has 4 rings (SSSR count). The van der Waals surface area contributed by atoms with Crippen molar-refractivity contribution in [1.29, 1.82) is 0 Å². The molecule has 2 heterocycles. The standard InChI is InChI=1S/C30H30N4/c1-21(25-13-7-5-8-14-25)31-23(3)27-17-11-19-29(33-27)30-20-12-18-28(34-30)24(4)32-22(2)26-15-9-6-10-16-26/h5-22H,1-4H3/t21-,22-/m0/s1. The molecule has 0 saturated carbocycles. The molecule has 0 aliphatic heterocycles. The molecule has 0 bridgehead atoms. The lowest BCUT2D eigenvalue weighted by Gasteiger charge is -2.11. The third-order valence-corrected chi connectivity index (χ3v) is 5.84. The van der Waals surface area contributed by atoms with E-state index in [1.54, 1.807) is 0 Å². The van der Waals surface area contributed by atoms with Gasteiger partial charge < -0.3 is 0 Å². The molecule has 170 valence electrons. The summed E-state index contributed by atoms with van der Waals surface area (Å²) in [5.41, 5.74) is 7.55. The Hall–Kier alpha value is -3.92. The highest BCUT2D eigenvalue weighted by Gasteiger charge is 2.10. The molecular formula is C30H30N4. The summed E-state index contributed by atoms with van der Waals surface area (Å²) in [5, 5.41) is 0. The van der Waals surface area contributed by atoms with Crippen molar-refractivity contribution >= 4 is 11.4 Å². The number of nitrogens with zero attached hydrogens (tertiary/aromatic N) is 4. The summed E-state index contributed by atoms with van der Waals surface area (Å²) in [5.74, 6) is 0. The van der Waals surface area contributed by atoms with Crippen LogP contribution in [0.5, 0.6) is 0 Å². The topological polar surface area (TPSA) is 50.5 Å². The van der Waals surface area contributed by atoms with Crippen LogP contribution in [0.3, 0.4) is 0 Å². The maximum atomic E-state index is 4.87. The van der Waals surface area contributed by atoms with Crippen molar-refractivity contribution in [1.82, 2.24) is 9.97 Å². The van der Waals surface area contributed by atoms with Gasteiger partial charge in [0.2, 0.25) is 0 Å². The van der Waals surface area contributed by atoms with Gasteiger partial charge in [0.25, 0.3) is 0 Å². The van der Waals surface area contributed by atoms with Gasteiger partial charge in [0, 0.05) is 0 Å². The van der Waals surface area contributed by atoms with Crippen LogP contribution in [0.15, 0.2) is 107 Å². The van der Waals surface area contributed by atoms with Crippen LogP contribution in [0.4, 0.5) is 0 Å². The molecule has 2 aromatic carbocycles. The van der Waals surface area contributed by atoms with Crippen LogP contribution in [-0.4, -0.2) is 21.4 Å². The number of rotatable bonds is 7. The minimum atomic E-state index is 0.0681. The Kier molecular flexibility index (Phi) is 7.38. The molecule has 2 atom stereocenters. The van der Waals surface area contributed by atoms with E-state index in [9.17, 15) is 0 Å². The maximum Gasteiger partial charge on any atom is 0.0894 e. The third kappa shape index (κ3) is 5.70. The van der Waals surface area contributed by atoms with Gasteiger partial charge in [0.15, 0.2) is 0 Å². The Balaban J connectivity index is 1.58. The first-order valence-corrected chi connectivity index (χ1v) is 11.6. The van der Waals surface area contributed by atoms with Crippen molar-refractivity contribution in [2.24, 2.45) is 9.98 Å². The van der Waals surface area contributed by atoms with E-state index in [1.165, 1.54) is 11.1 Å². The second-order valence-electron chi connectivity index (χ2n) is 8.42. The van der Waals surface area contributed by atoms with Crippen LogP contribution in [-0.2, 0) is 0 Å². The molecule has 4 heteroatoms. The van der Waals surface area contributed by atoms with Gasteiger partial charge in [0.05, 0.1) is 46.3 Å². The van der Waals surface area contributed by atoms with Gasteiger partial charge in [-0.05, 0) is 63.1 Å². The average molecular weight is 447 g/mol. The van der Waals surface area contributed by atoms with Gasteiger partial charge in [0.1, 0.15) is 0 Å². The lowest BCUT2D eigenvalue weighted by atomic mass is 10.1. The van der Waals surface area contributed by atoms with Crippen LogP contribution >= 0.6 is 0 Å². The molecule has 0 spiro atoms. The first kappa shape index (κ1) is 23.2. The first-order chi connectivity index (χ1) is 16.5. The van der Waals surface area contributed by atoms with E-state index in [2.05, 4.69) is 38.1 Å². The van der Waals surface area contributed by atoms with Gasteiger partial charge in [-0.25, -0.2) is 9.97 Å². The fourth-order valence-electron chi connectivity index (χ4n) is 3.88. The molecule has 34 heavy (non-hydrogen) atoms. The van der Waals surface area contributed by atoms with Crippen LogP contribution in [0, 0.1) is 0 Å². The zero-order chi connectivity index (χ0) is 23.9. The summed E-state index contributed by atoms with van der Waals surface area (Å²) in [4.78, 5) is 19.5. The van der Waals surface area contributed by atoms with Crippen molar-refractivity contribution in [2.45, 2.75) is 39.8 Å². The molecule has 0 fully saturated rings. The Bertz CT molecular complexity index is 1190. The zero-order valence-electron chi connectivity index (χ0n) is 20.2. The van der Waals surface area contributed by atoms with Gasteiger partial charge in [-0.15, -0.1) is 0 Å². The van der Waals surface area contributed by atoms with E-state index in [-0.39, 0.29) is 12.1 Å². The Morgan fingerprint density at radius 1 is 0.529 bits per heavy atom. The first-order valence-electron chi connectivity index (χ1n) is 11.6. The van der Waals surface area contributed by atoms with E-state index < -0.39 is 0 Å². The Morgan fingerprint density at radius 2 is 0.912 bits per heavy atom. The summed E-state index contributed by atoms with van der Waals surface area (Å²) in [6.07, 6.45) is 0. The minimum absolute atomic E-state index is 0.0681. The Labute approximate surface area is 202 Å². The van der Waals surface area contributed by atoms with E-state index in [0.717, 1.165) is 34.2 Å². The van der Waals surface area contributed by atoms with Crippen molar-refractivity contribution in [3.63, 3.8) is 0 Å². The molecule has 2 aromatic heterocycles. The van der Waals surface area contributed by atoms with Gasteiger partial charge in [-0.2, -0.15) is 0 Å². The number of benzene rings is 2. The number of aliphatic imine (C=N–C) groups is 2. The molecule has 0 unspecified atom stereocenters. The second kappa shape index (κ2) is 10.8. The molecule has 0 saturated heterocycles. The largest absolute Gasteiger partial charge is 0.280 e. The van der Waals surface area contributed by atoms with Crippen molar-refractivity contribution < 1.29 is 0 Å². The zero-order valence-corrected chi connectivity index (χ0v) is 20.2. The van der Waals surface area contributed by atoms with Crippen LogP contribution in [0.25, 0.3) is 11.4 Å². The molecule has 0 aliphatic carbocycles. The lowest BCUT2D eigenvalue weighted by molar-refractivity contribution is 0.818. The summed E-state index contributed by atoms with van der Waals surface area (Å²) in [6.45, 7) is 8.23. The molecule has 0 amide bonds. The lowest BCUT2D eigenvalue weighted by Crippen LogP contribution is -2.05. The molecule has 0 aliphatic rings. The second-order valence-corrected chi connectivity index (χ2v) is 8.42. The summed E-state index contributed by atoms with van der Waals surface area (Å²) >= 11 is 0. The molecule has 0 radical (unpaired) electrons. The highest BCUT2D eigenvalue weighted by Crippen LogP contribution is 2.21. The van der Waals surface area contributed by atoms with Crippen molar-refractivity contribution in [3.8, 4) is 11.4 Å². The van der Waals surface area contributed by atoms with E-state index >= 15 is 0 Å². The fraction of sp³-hybridized carbons (Fsp3) is 0.200. The highest BCUT2D eigenvalue weighted by molar-refractivity contribution is 5.98. The molecule has 0 N–H and O–H groups in total. The smallest absolute Gasteiger partial charge is 0.0894 e. The minimum Gasteiger partial charge on any atom is -0.280 e. The number of pyridine rings is 2. The third-order valence-electron chi connectivity index (χ3n) is 5.84. The molecular weight excluding hydrogens is 416 g/mol. The maximum absolute atomic E-state index is 4.87. The van der Waals surface area contributed by atoms with Crippen LogP contribution < -0.4 is 0 Å². The van der Waals surface area contributed by atoms with Crippen LogP contribution in [0.1, 0.15) is 62.3 Å². The van der Waals surface area contributed by atoms with E-state index in [4.69, 9.17) is 20.0 Å². The number of hydrogen-bond acceptors (Lipinski definition) is 4. The summed E-state index contributed by atoms with van der Waals surface area (Å²) in [7, 11) is 0. The number of aromatic nitrogens is 2. The predicted octanol–water partition coefficient (Wildman–Crippen LogP) is 7.28. The van der Waals surface area contributed by atoms with Gasteiger partial charge in [-0.3, -0.25) is 9.98 Å². The molecule has 4 nitrogen and oxygen atoms in total. The quantitative estimate of drug-likeness (QED) is 0.280. The summed E-state index contributed by atoms with van der Waals surface area (Å²) in [6, 6.07) is 32.7. The molecule has 4 aromatic rings. The Morgan fingerprint density at radius 3 is 1.29 bits per heavy atom. The van der Waals surface area contributed by atoms with Gasteiger partial charge >= 0.3 is 0 Å². The fourth-order valence-corrected chi connectivity index (χ4v) is 3.88. The predicted molar refractivity (Wildman–Crippen MR) is 142 cm³/mol. The SMILES string of the molecule is CC(=N[C@@H](C)c1ccccc1)c1cccc(-c2cccc(C(C)=N[C@@H](C)c3ccccc3)n2)n1. The highest BCUT2D eigenvalue weighted by atomic mass is 14.9. The van der Waals surface area contributed by atoms with E-state index in [0.29, 0.717) is 0 Å². The summed E-state index contributed by atoms with van der Waals surface area (Å²) < 4.78 is 0. The monoisotopic (exact) mass is 446 g/mol. The van der Waals surface area contributed by atoms with Crippen molar-refractivity contribution in [3.05, 3.63) is 120 Å². The number of hydrogen-bond donors (Lipinski definition) is 0. The van der Waals surface area contributed by atoms with Crippen LogP contribution in [0.2, 0.25) is 0 Å². The van der Waals surface area contributed by atoms with E-state index in [1.807, 2.05) is 86.6 Å².